The van der Waals surface area contributed by atoms with Crippen LogP contribution in [0.5, 0.6) is 0 Å². The van der Waals surface area contributed by atoms with Gasteiger partial charge in [-0.05, 0) is 18.2 Å². The van der Waals surface area contributed by atoms with Crippen LogP contribution in [0.4, 0.5) is 13.2 Å². The van der Waals surface area contributed by atoms with Gasteiger partial charge in [-0.3, -0.25) is 4.79 Å². The van der Waals surface area contributed by atoms with Crippen molar-refractivity contribution in [1.29, 1.82) is 0 Å². The summed E-state index contributed by atoms with van der Waals surface area (Å²) in [6, 6.07) is 3.38. The van der Waals surface area contributed by atoms with Gasteiger partial charge < -0.3 is 0 Å². The van der Waals surface area contributed by atoms with Gasteiger partial charge in [0.2, 0.25) is 5.78 Å². The van der Waals surface area contributed by atoms with Crippen molar-refractivity contribution >= 4 is 21.7 Å². The van der Waals surface area contributed by atoms with E-state index in [9.17, 15) is 18.0 Å². The van der Waals surface area contributed by atoms with Gasteiger partial charge in [0.25, 0.3) is 0 Å². The first-order valence-corrected chi connectivity index (χ1v) is 5.05. The molecule has 5 heteroatoms. The average Bonchev–Trinajstić information content (AvgIpc) is 2.20. The van der Waals surface area contributed by atoms with Crippen molar-refractivity contribution in [2.24, 2.45) is 0 Å². The van der Waals surface area contributed by atoms with Crippen LogP contribution in [-0.2, 0) is 0 Å². The molecule has 1 rings (SSSR count). The van der Waals surface area contributed by atoms with Crippen LogP contribution in [-0.4, -0.2) is 11.7 Å². The molecule has 1 aromatic rings. The molecule has 0 saturated carbocycles. The summed E-state index contributed by atoms with van der Waals surface area (Å²) in [5, 5.41) is 0. The minimum Gasteiger partial charge on any atom is -0.287 e. The lowest BCUT2D eigenvalue weighted by atomic mass is 10.0. The number of alkyl halides is 2. The second kappa shape index (κ2) is 4.35. The standard InChI is InChI=1S/C10H8BrF3O/c1-2-10(13,14)9(15)7-5-6(11)3-4-8(7)12/h3-5H,2H2,1H3. The molecule has 15 heavy (non-hydrogen) atoms. The van der Waals surface area contributed by atoms with Crippen LogP contribution in [0, 0.1) is 5.82 Å². The number of hydrogen-bond donors (Lipinski definition) is 0. The molecule has 0 radical (unpaired) electrons. The Kier molecular flexibility index (Phi) is 3.54. The highest BCUT2D eigenvalue weighted by Gasteiger charge is 2.38. The Morgan fingerprint density at radius 2 is 2.07 bits per heavy atom. The zero-order chi connectivity index (χ0) is 11.6. The molecule has 0 aliphatic heterocycles. The van der Waals surface area contributed by atoms with Crippen molar-refractivity contribution in [2.45, 2.75) is 19.3 Å². The number of carbonyl (C=O) groups is 1. The molecule has 0 aliphatic rings. The van der Waals surface area contributed by atoms with E-state index in [0.29, 0.717) is 4.47 Å². The molecule has 0 N–H and O–H groups in total. The Balaban J connectivity index is 3.17. The normalized spacial score (nSPS) is 11.5. The fourth-order valence-corrected chi connectivity index (χ4v) is 1.39. The van der Waals surface area contributed by atoms with Crippen LogP contribution < -0.4 is 0 Å². The van der Waals surface area contributed by atoms with Gasteiger partial charge in [-0.25, -0.2) is 4.39 Å². The summed E-state index contributed by atoms with van der Waals surface area (Å²) in [5.74, 6) is -5.93. The van der Waals surface area contributed by atoms with Gasteiger partial charge in [-0.1, -0.05) is 22.9 Å². The van der Waals surface area contributed by atoms with Crippen LogP contribution in [0.3, 0.4) is 0 Å². The topological polar surface area (TPSA) is 17.1 Å². The molecule has 0 spiro atoms. The first-order chi connectivity index (χ1) is 6.88. The third-order valence-corrected chi connectivity index (χ3v) is 2.44. The Bertz CT molecular complexity index is 390. The van der Waals surface area contributed by atoms with Crippen molar-refractivity contribution in [2.75, 3.05) is 0 Å². The molecule has 0 saturated heterocycles. The number of benzene rings is 1. The quantitative estimate of drug-likeness (QED) is 0.770. The molecule has 0 atom stereocenters. The van der Waals surface area contributed by atoms with Crippen molar-refractivity contribution < 1.29 is 18.0 Å². The number of Topliss-reactive ketones (excluding diaryl/α,β-unsaturated/α-hetero) is 1. The summed E-state index contributed by atoms with van der Waals surface area (Å²) in [6.07, 6.45) is -0.641. The van der Waals surface area contributed by atoms with Crippen molar-refractivity contribution in [3.8, 4) is 0 Å². The molecule has 0 aliphatic carbocycles. The molecule has 0 unspecified atom stereocenters. The van der Waals surface area contributed by atoms with E-state index in [2.05, 4.69) is 15.9 Å². The first kappa shape index (κ1) is 12.2. The minimum absolute atomic E-state index is 0.388. The summed E-state index contributed by atoms with van der Waals surface area (Å²) >= 11 is 2.99. The molecular weight excluding hydrogens is 273 g/mol. The predicted octanol–water partition coefficient (Wildman–Crippen LogP) is 3.82. The molecular formula is C10H8BrF3O. The summed E-state index contributed by atoms with van der Waals surface area (Å²) in [6.45, 7) is 1.17. The second-order valence-electron chi connectivity index (χ2n) is 3.01. The van der Waals surface area contributed by atoms with E-state index in [0.717, 1.165) is 12.1 Å². The van der Waals surface area contributed by atoms with E-state index in [4.69, 9.17) is 0 Å². The number of rotatable bonds is 3. The fraction of sp³-hybridized carbons (Fsp3) is 0.300. The van der Waals surface area contributed by atoms with E-state index < -0.39 is 29.5 Å². The molecule has 1 nitrogen and oxygen atoms in total. The van der Waals surface area contributed by atoms with Crippen molar-refractivity contribution in [3.63, 3.8) is 0 Å². The maximum Gasteiger partial charge on any atom is 0.309 e. The molecule has 0 bridgehead atoms. The number of hydrogen-bond acceptors (Lipinski definition) is 1. The van der Waals surface area contributed by atoms with Gasteiger partial charge in [0.05, 0.1) is 5.56 Å². The van der Waals surface area contributed by atoms with Gasteiger partial charge >= 0.3 is 5.92 Å². The smallest absolute Gasteiger partial charge is 0.287 e. The van der Waals surface area contributed by atoms with Gasteiger partial charge in [0.15, 0.2) is 0 Å². The number of halogens is 4. The minimum atomic E-state index is -3.51. The summed E-state index contributed by atoms with van der Waals surface area (Å²) in [7, 11) is 0. The number of carbonyl (C=O) groups excluding carboxylic acids is 1. The highest BCUT2D eigenvalue weighted by molar-refractivity contribution is 9.10. The van der Waals surface area contributed by atoms with E-state index in [1.54, 1.807) is 0 Å². The third-order valence-electron chi connectivity index (χ3n) is 1.95. The van der Waals surface area contributed by atoms with Crippen LogP contribution in [0.1, 0.15) is 23.7 Å². The van der Waals surface area contributed by atoms with Crippen molar-refractivity contribution in [3.05, 3.63) is 34.1 Å². The highest BCUT2D eigenvalue weighted by atomic mass is 79.9. The molecule has 0 fully saturated rings. The Labute approximate surface area is 93.4 Å². The summed E-state index contributed by atoms with van der Waals surface area (Å²) in [5.41, 5.74) is -0.587. The van der Waals surface area contributed by atoms with Crippen molar-refractivity contribution in [1.82, 2.24) is 0 Å². The SMILES string of the molecule is CCC(F)(F)C(=O)c1cc(Br)ccc1F. The van der Waals surface area contributed by atoms with Crippen LogP contribution in [0.15, 0.2) is 22.7 Å². The third kappa shape index (κ3) is 2.59. The maximum atomic E-state index is 13.1. The average molecular weight is 281 g/mol. The largest absolute Gasteiger partial charge is 0.309 e. The van der Waals surface area contributed by atoms with Gasteiger partial charge in [0.1, 0.15) is 5.82 Å². The molecule has 1 aromatic carbocycles. The van der Waals surface area contributed by atoms with Crippen LogP contribution in [0.25, 0.3) is 0 Å². The van der Waals surface area contributed by atoms with Crippen LogP contribution in [0.2, 0.25) is 0 Å². The van der Waals surface area contributed by atoms with E-state index in [-0.39, 0.29) is 0 Å². The van der Waals surface area contributed by atoms with Crippen LogP contribution >= 0.6 is 15.9 Å². The van der Waals surface area contributed by atoms with Gasteiger partial charge in [-0.2, -0.15) is 8.78 Å². The Morgan fingerprint density at radius 1 is 1.47 bits per heavy atom. The lowest BCUT2D eigenvalue weighted by Crippen LogP contribution is -2.28. The summed E-state index contributed by atoms with van der Waals surface area (Å²) in [4.78, 5) is 11.3. The zero-order valence-electron chi connectivity index (χ0n) is 7.86. The number of ketones is 1. The molecule has 0 heterocycles. The molecule has 0 amide bonds. The lowest BCUT2D eigenvalue weighted by Gasteiger charge is -2.12. The second-order valence-corrected chi connectivity index (χ2v) is 3.93. The summed E-state index contributed by atoms with van der Waals surface area (Å²) < 4.78 is 39.5. The van der Waals surface area contributed by atoms with Gasteiger partial charge in [-0.15, -0.1) is 0 Å². The lowest BCUT2D eigenvalue weighted by molar-refractivity contribution is 0.00765. The zero-order valence-corrected chi connectivity index (χ0v) is 9.45. The first-order valence-electron chi connectivity index (χ1n) is 4.26. The monoisotopic (exact) mass is 280 g/mol. The predicted molar refractivity (Wildman–Crippen MR) is 53.7 cm³/mol. The van der Waals surface area contributed by atoms with E-state index >= 15 is 0 Å². The highest BCUT2D eigenvalue weighted by Crippen LogP contribution is 2.26. The Hall–Kier alpha value is -0.840. The van der Waals surface area contributed by atoms with E-state index in [1.807, 2.05) is 0 Å². The molecule has 0 aromatic heterocycles. The van der Waals surface area contributed by atoms with E-state index in [1.165, 1.54) is 13.0 Å². The fourth-order valence-electron chi connectivity index (χ4n) is 1.03. The maximum absolute atomic E-state index is 13.1. The van der Waals surface area contributed by atoms with Gasteiger partial charge in [0, 0.05) is 10.9 Å². The Morgan fingerprint density at radius 3 is 2.60 bits per heavy atom. The molecule has 82 valence electrons.